The molecule has 1 atom stereocenters. The number of carbonyl (C=O) groups is 3. The van der Waals surface area contributed by atoms with Crippen LogP contribution in [-0.4, -0.2) is 61.1 Å². The number of hydrogen-bond acceptors (Lipinski definition) is 8. The highest BCUT2D eigenvalue weighted by Gasteiger charge is 2.30. The first-order valence-electron chi connectivity index (χ1n) is 13.3. The molecule has 1 unspecified atom stereocenters. The highest BCUT2D eigenvalue weighted by Crippen LogP contribution is 2.30. The van der Waals surface area contributed by atoms with E-state index in [1.807, 2.05) is 25.1 Å². The highest BCUT2D eigenvalue weighted by molar-refractivity contribution is 6.01. The number of ether oxygens (including phenoxy) is 3. The average molecular weight is 577 g/mol. The lowest BCUT2D eigenvalue weighted by Gasteiger charge is -2.25. The molecular weight excluding hydrogens is 544 g/mol. The molecule has 0 aliphatic carbocycles. The first kappa shape index (κ1) is 29.8. The van der Waals surface area contributed by atoms with Crippen molar-refractivity contribution in [1.29, 1.82) is 0 Å². The molecule has 12 nitrogen and oxygen atoms in total. The Hall–Kier alpha value is -5.13. The van der Waals surface area contributed by atoms with Gasteiger partial charge in [0.2, 0.25) is 5.91 Å². The smallest absolute Gasteiger partial charge is 0.338 e. The summed E-state index contributed by atoms with van der Waals surface area (Å²) in [6, 6.07) is 15.7. The lowest BCUT2D eigenvalue weighted by atomic mass is 10.1. The van der Waals surface area contributed by atoms with Crippen LogP contribution < -0.4 is 20.1 Å². The molecule has 3 amide bonds. The molecule has 1 aliphatic heterocycles. The number of urea groups is 1. The number of rotatable bonds is 10. The van der Waals surface area contributed by atoms with Gasteiger partial charge in [0, 0.05) is 18.3 Å². The van der Waals surface area contributed by atoms with Gasteiger partial charge in [0.15, 0.2) is 5.75 Å². The summed E-state index contributed by atoms with van der Waals surface area (Å²) in [5.41, 5.74) is 2.44. The summed E-state index contributed by atoms with van der Waals surface area (Å²) in [6.45, 7) is 2.49. The van der Waals surface area contributed by atoms with Gasteiger partial charge in [0.05, 0.1) is 42.9 Å². The van der Waals surface area contributed by atoms with Crippen LogP contribution in [0.4, 0.5) is 21.9 Å². The van der Waals surface area contributed by atoms with Crippen LogP contribution in [0.3, 0.4) is 0 Å². The van der Waals surface area contributed by atoms with E-state index in [2.05, 4.69) is 15.4 Å². The minimum Gasteiger partial charge on any atom is -0.495 e. The third kappa shape index (κ3) is 7.14. The Morgan fingerprint density at radius 3 is 2.48 bits per heavy atom. The number of esters is 1. The van der Waals surface area contributed by atoms with Gasteiger partial charge in [-0.25, -0.2) is 9.59 Å². The number of para-hydroxylation sites is 1. The van der Waals surface area contributed by atoms with Crippen LogP contribution in [-0.2, 0) is 16.0 Å². The largest absolute Gasteiger partial charge is 0.495 e. The number of likely N-dealkylation sites (tertiary alicyclic amines) is 1. The van der Waals surface area contributed by atoms with E-state index in [1.54, 1.807) is 29.2 Å². The molecule has 0 saturated carbocycles. The molecule has 2 N–H and O–H groups in total. The topological polar surface area (TPSA) is 149 Å². The molecule has 0 bridgehead atoms. The van der Waals surface area contributed by atoms with Crippen LogP contribution in [0.25, 0.3) is 0 Å². The maximum absolute atomic E-state index is 13.3. The second-order valence-corrected chi connectivity index (χ2v) is 9.73. The van der Waals surface area contributed by atoms with E-state index in [0.29, 0.717) is 35.7 Å². The predicted octanol–water partition coefficient (Wildman–Crippen LogP) is 4.95. The summed E-state index contributed by atoms with van der Waals surface area (Å²) in [4.78, 5) is 50.2. The number of methoxy groups -OCH3 is 2. The fourth-order valence-electron chi connectivity index (χ4n) is 4.76. The van der Waals surface area contributed by atoms with Crippen molar-refractivity contribution in [2.75, 3.05) is 38.0 Å². The summed E-state index contributed by atoms with van der Waals surface area (Å²) in [6.07, 6.45) is 1.55. The maximum Gasteiger partial charge on any atom is 0.338 e. The van der Waals surface area contributed by atoms with Crippen molar-refractivity contribution in [3.63, 3.8) is 0 Å². The van der Waals surface area contributed by atoms with E-state index in [4.69, 9.17) is 9.47 Å². The molecule has 1 saturated heterocycles. The molecule has 1 heterocycles. The molecule has 0 spiro atoms. The van der Waals surface area contributed by atoms with Crippen molar-refractivity contribution in [3.05, 3.63) is 87.5 Å². The zero-order chi connectivity index (χ0) is 30.2. The van der Waals surface area contributed by atoms with Crippen LogP contribution in [0.5, 0.6) is 11.5 Å². The molecule has 3 aromatic rings. The Morgan fingerprint density at radius 2 is 1.76 bits per heavy atom. The normalized spacial score (nSPS) is 14.2. The van der Waals surface area contributed by atoms with Gasteiger partial charge in [-0.05, 0) is 61.2 Å². The number of benzene rings is 3. The number of nitro groups is 1. The van der Waals surface area contributed by atoms with Gasteiger partial charge in [0.1, 0.15) is 12.4 Å². The molecule has 12 heteroatoms. The van der Waals surface area contributed by atoms with Crippen molar-refractivity contribution in [2.24, 2.45) is 0 Å². The Labute approximate surface area is 242 Å². The van der Waals surface area contributed by atoms with Crippen LogP contribution in [0.15, 0.2) is 60.7 Å². The molecule has 0 aromatic heterocycles. The standard InChI is InChI=1S/C30H32N4O8/c1-19-7-4-5-9-23(19)31-30(37)32-24-12-10-20(15-27(24)40-2)16-28(35)33-14-6-8-22(33)18-42-26-13-11-21(29(36)41-3)17-25(26)34(38)39/h4-5,7,9-13,15,17,22H,6,8,14,16,18H2,1-3H3,(H2,31,32,37). The summed E-state index contributed by atoms with van der Waals surface area (Å²) in [5.74, 6) is -0.407. The van der Waals surface area contributed by atoms with Crippen LogP contribution in [0.2, 0.25) is 0 Å². The summed E-state index contributed by atoms with van der Waals surface area (Å²) in [5, 5.41) is 17.1. The molecule has 0 radical (unpaired) electrons. The zero-order valence-corrected chi connectivity index (χ0v) is 23.5. The quantitative estimate of drug-likeness (QED) is 0.196. The lowest BCUT2D eigenvalue weighted by Crippen LogP contribution is -2.40. The summed E-state index contributed by atoms with van der Waals surface area (Å²) >= 11 is 0. The number of anilines is 2. The third-order valence-corrected chi connectivity index (χ3v) is 6.97. The Morgan fingerprint density at radius 1 is 1.00 bits per heavy atom. The van der Waals surface area contributed by atoms with Gasteiger partial charge in [-0.3, -0.25) is 14.9 Å². The summed E-state index contributed by atoms with van der Waals surface area (Å²) in [7, 11) is 2.67. The van der Waals surface area contributed by atoms with Crippen molar-refractivity contribution in [2.45, 2.75) is 32.2 Å². The van der Waals surface area contributed by atoms with Crippen molar-refractivity contribution >= 4 is 35.0 Å². The van der Waals surface area contributed by atoms with E-state index < -0.39 is 16.9 Å². The van der Waals surface area contributed by atoms with E-state index in [-0.39, 0.29) is 42.0 Å². The zero-order valence-electron chi connectivity index (χ0n) is 23.5. The van der Waals surface area contributed by atoms with Crippen molar-refractivity contribution in [1.82, 2.24) is 4.90 Å². The number of carbonyl (C=O) groups excluding carboxylic acids is 3. The van der Waals surface area contributed by atoms with E-state index in [0.717, 1.165) is 18.1 Å². The molecule has 1 aliphatic rings. The van der Waals surface area contributed by atoms with Gasteiger partial charge >= 0.3 is 17.7 Å². The highest BCUT2D eigenvalue weighted by atomic mass is 16.6. The third-order valence-electron chi connectivity index (χ3n) is 6.97. The minimum absolute atomic E-state index is 0.00578. The number of hydrogen-bond donors (Lipinski definition) is 2. The second-order valence-electron chi connectivity index (χ2n) is 9.73. The molecule has 220 valence electrons. The fourth-order valence-corrected chi connectivity index (χ4v) is 4.76. The number of nitrogens with one attached hydrogen (secondary N) is 2. The number of aryl methyl sites for hydroxylation is 1. The van der Waals surface area contributed by atoms with E-state index in [9.17, 15) is 24.5 Å². The van der Waals surface area contributed by atoms with Gasteiger partial charge < -0.3 is 29.7 Å². The average Bonchev–Trinajstić information content (AvgIpc) is 3.46. The van der Waals surface area contributed by atoms with Crippen molar-refractivity contribution < 1.29 is 33.5 Å². The predicted molar refractivity (Wildman–Crippen MR) is 155 cm³/mol. The second kappa shape index (κ2) is 13.5. The monoisotopic (exact) mass is 576 g/mol. The van der Waals surface area contributed by atoms with E-state index >= 15 is 0 Å². The van der Waals surface area contributed by atoms with Gasteiger partial charge in [-0.15, -0.1) is 0 Å². The molecule has 1 fully saturated rings. The van der Waals surface area contributed by atoms with Crippen LogP contribution in [0, 0.1) is 17.0 Å². The fraction of sp³-hybridized carbons (Fsp3) is 0.300. The Balaban J connectivity index is 1.38. The first-order chi connectivity index (χ1) is 20.2. The molecule has 3 aromatic carbocycles. The summed E-state index contributed by atoms with van der Waals surface area (Å²) < 4.78 is 15.9. The lowest BCUT2D eigenvalue weighted by molar-refractivity contribution is -0.385. The number of nitro benzene ring substituents is 1. The maximum atomic E-state index is 13.3. The SMILES string of the molecule is COC(=O)c1ccc(OCC2CCCN2C(=O)Cc2ccc(NC(=O)Nc3ccccc3C)c(OC)c2)c([N+](=O)[O-])c1. The van der Waals surface area contributed by atoms with Crippen LogP contribution in [0.1, 0.15) is 34.3 Å². The number of amides is 3. The van der Waals surface area contributed by atoms with Crippen molar-refractivity contribution in [3.8, 4) is 11.5 Å². The molecule has 4 rings (SSSR count). The first-order valence-corrected chi connectivity index (χ1v) is 13.3. The molecular formula is C30H32N4O8. The Bertz CT molecular complexity index is 1490. The van der Waals surface area contributed by atoms with Gasteiger partial charge in [-0.2, -0.15) is 0 Å². The van der Waals surface area contributed by atoms with Crippen LogP contribution >= 0.6 is 0 Å². The van der Waals surface area contributed by atoms with Gasteiger partial charge in [0.25, 0.3) is 0 Å². The Kier molecular flexibility index (Phi) is 9.58. The number of nitrogens with zero attached hydrogens (tertiary/aromatic N) is 2. The molecule has 42 heavy (non-hydrogen) atoms. The minimum atomic E-state index is -0.691. The van der Waals surface area contributed by atoms with E-state index in [1.165, 1.54) is 26.4 Å². The van der Waals surface area contributed by atoms with Gasteiger partial charge in [-0.1, -0.05) is 24.3 Å².